The van der Waals surface area contributed by atoms with E-state index in [1.807, 2.05) is 45.0 Å². The van der Waals surface area contributed by atoms with Crippen molar-refractivity contribution in [3.8, 4) is 0 Å². The van der Waals surface area contributed by atoms with Crippen LogP contribution in [0.1, 0.15) is 37.5 Å². The minimum Gasteiger partial charge on any atom is -0.352 e. The maximum absolute atomic E-state index is 13.1. The lowest BCUT2D eigenvalue weighted by atomic mass is 10.1. The Kier molecular flexibility index (Phi) is 7.90. The second kappa shape index (κ2) is 9.94. The number of nitrogens with one attached hydrogen (secondary N) is 1. The molecular formula is C22H26Cl2N2O2. The molecule has 150 valence electrons. The van der Waals surface area contributed by atoms with Crippen molar-refractivity contribution >= 4 is 35.0 Å². The highest BCUT2D eigenvalue weighted by Crippen LogP contribution is 2.27. The van der Waals surface area contributed by atoms with Crippen LogP contribution in [0.15, 0.2) is 42.5 Å². The van der Waals surface area contributed by atoms with Gasteiger partial charge in [0.15, 0.2) is 0 Å². The van der Waals surface area contributed by atoms with Gasteiger partial charge in [-0.1, -0.05) is 59.1 Å². The predicted molar refractivity (Wildman–Crippen MR) is 115 cm³/mol. The van der Waals surface area contributed by atoms with Crippen LogP contribution in [0.25, 0.3) is 0 Å². The monoisotopic (exact) mass is 420 g/mol. The fourth-order valence-corrected chi connectivity index (χ4v) is 3.46. The molecule has 0 bridgehead atoms. The smallest absolute Gasteiger partial charge is 0.242 e. The first-order valence-corrected chi connectivity index (χ1v) is 10.0. The van der Waals surface area contributed by atoms with Gasteiger partial charge in [-0.05, 0) is 45.4 Å². The van der Waals surface area contributed by atoms with E-state index < -0.39 is 6.04 Å². The van der Waals surface area contributed by atoms with Gasteiger partial charge < -0.3 is 10.2 Å². The summed E-state index contributed by atoms with van der Waals surface area (Å²) in [5.41, 5.74) is 2.61. The zero-order valence-corrected chi connectivity index (χ0v) is 18.1. The molecule has 1 unspecified atom stereocenters. The number of carbonyl (C=O) groups is 2. The number of hydrogen-bond donors (Lipinski definition) is 1. The highest BCUT2D eigenvalue weighted by molar-refractivity contribution is 6.36. The molecule has 4 nitrogen and oxygen atoms in total. The van der Waals surface area contributed by atoms with Gasteiger partial charge in [0.05, 0.1) is 6.42 Å². The molecule has 0 heterocycles. The summed E-state index contributed by atoms with van der Waals surface area (Å²) in [6.45, 7) is 7.63. The third-order valence-corrected chi connectivity index (χ3v) is 5.13. The summed E-state index contributed by atoms with van der Waals surface area (Å²) < 4.78 is 0. The number of aryl methyl sites for hydroxylation is 1. The molecular weight excluding hydrogens is 395 g/mol. The Morgan fingerprint density at radius 3 is 2.21 bits per heavy atom. The molecule has 2 amide bonds. The third-order valence-electron chi connectivity index (χ3n) is 4.43. The van der Waals surface area contributed by atoms with Gasteiger partial charge in [0.1, 0.15) is 6.04 Å². The molecule has 0 aromatic heterocycles. The number of hydrogen-bond acceptors (Lipinski definition) is 2. The fourth-order valence-electron chi connectivity index (χ4n) is 2.94. The SMILES string of the molecule is Cc1cccc(CC(=O)N(Cc2c(Cl)cccc2Cl)C(C)C(=O)NC(C)C)c1. The van der Waals surface area contributed by atoms with Crippen LogP contribution in [0.4, 0.5) is 0 Å². The Labute approximate surface area is 176 Å². The molecule has 28 heavy (non-hydrogen) atoms. The van der Waals surface area contributed by atoms with E-state index >= 15 is 0 Å². The Balaban J connectivity index is 2.31. The van der Waals surface area contributed by atoms with Gasteiger partial charge in [-0.2, -0.15) is 0 Å². The lowest BCUT2D eigenvalue weighted by Gasteiger charge is -2.30. The largest absolute Gasteiger partial charge is 0.352 e. The molecule has 2 rings (SSSR count). The summed E-state index contributed by atoms with van der Waals surface area (Å²) in [6, 6.07) is 12.3. The first-order chi connectivity index (χ1) is 13.2. The van der Waals surface area contributed by atoms with Gasteiger partial charge in [0.25, 0.3) is 0 Å². The molecule has 0 fully saturated rings. The summed E-state index contributed by atoms with van der Waals surface area (Å²) in [4.78, 5) is 27.3. The molecule has 0 spiro atoms. The van der Waals surface area contributed by atoms with Crippen LogP contribution in [0.5, 0.6) is 0 Å². The van der Waals surface area contributed by atoms with Crippen molar-refractivity contribution in [2.24, 2.45) is 0 Å². The highest BCUT2D eigenvalue weighted by atomic mass is 35.5. The molecule has 0 saturated heterocycles. The first kappa shape index (κ1) is 22.3. The van der Waals surface area contributed by atoms with Crippen molar-refractivity contribution in [2.75, 3.05) is 0 Å². The maximum atomic E-state index is 13.1. The van der Waals surface area contributed by atoms with Gasteiger partial charge in [0, 0.05) is 28.2 Å². The van der Waals surface area contributed by atoms with Crippen molar-refractivity contribution in [1.82, 2.24) is 10.2 Å². The third kappa shape index (κ3) is 5.98. The van der Waals surface area contributed by atoms with E-state index in [9.17, 15) is 9.59 Å². The second-order valence-corrected chi connectivity index (χ2v) is 8.04. The minimum atomic E-state index is -0.660. The average Bonchev–Trinajstić information content (AvgIpc) is 2.60. The lowest BCUT2D eigenvalue weighted by Crippen LogP contribution is -2.49. The van der Waals surface area contributed by atoms with Crippen LogP contribution < -0.4 is 5.32 Å². The van der Waals surface area contributed by atoms with Gasteiger partial charge in [-0.15, -0.1) is 0 Å². The number of rotatable bonds is 7. The number of nitrogens with zero attached hydrogens (tertiary/aromatic N) is 1. The van der Waals surface area contributed by atoms with Gasteiger partial charge in [-0.3, -0.25) is 9.59 Å². The van der Waals surface area contributed by atoms with Crippen molar-refractivity contribution in [2.45, 2.75) is 52.7 Å². The van der Waals surface area contributed by atoms with Gasteiger partial charge in [-0.25, -0.2) is 0 Å². The predicted octanol–water partition coefficient (Wildman–Crippen LogP) is 4.79. The zero-order valence-electron chi connectivity index (χ0n) is 16.6. The van der Waals surface area contributed by atoms with Crippen LogP contribution in [0.2, 0.25) is 10.0 Å². The van der Waals surface area contributed by atoms with Crippen LogP contribution >= 0.6 is 23.2 Å². The van der Waals surface area contributed by atoms with E-state index in [1.165, 1.54) is 4.90 Å². The van der Waals surface area contributed by atoms with E-state index in [2.05, 4.69) is 5.32 Å². The van der Waals surface area contributed by atoms with E-state index in [0.29, 0.717) is 15.6 Å². The van der Waals surface area contributed by atoms with Crippen LogP contribution in [-0.4, -0.2) is 28.8 Å². The molecule has 0 saturated carbocycles. The van der Waals surface area contributed by atoms with Crippen molar-refractivity contribution < 1.29 is 9.59 Å². The number of halogens is 2. The van der Waals surface area contributed by atoms with Crippen molar-refractivity contribution in [3.05, 3.63) is 69.2 Å². The Hall–Kier alpha value is -2.04. The molecule has 1 atom stereocenters. The molecule has 0 aliphatic carbocycles. The Morgan fingerprint density at radius 1 is 1.04 bits per heavy atom. The standard InChI is InChI=1S/C22H26Cl2N2O2/c1-14(2)25-22(28)16(4)26(13-18-19(23)9-6-10-20(18)24)21(27)12-17-8-5-7-15(3)11-17/h5-11,14,16H,12-13H2,1-4H3,(H,25,28). The molecule has 1 N–H and O–H groups in total. The minimum absolute atomic E-state index is 0.0208. The molecule has 0 aliphatic heterocycles. The molecule has 0 radical (unpaired) electrons. The Morgan fingerprint density at radius 2 is 1.64 bits per heavy atom. The summed E-state index contributed by atoms with van der Waals surface area (Å²) >= 11 is 12.6. The lowest BCUT2D eigenvalue weighted by molar-refractivity contribution is -0.140. The fraction of sp³-hybridized carbons (Fsp3) is 0.364. The number of benzene rings is 2. The summed E-state index contributed by atoms with van der Waals surface area (Å²) in [5, 5.41) is 3.81. The molecule has 2 aromatic carbocycles. The number of carbonyl (C=O) groups excluding carboxylic acids is 2. The number of amides is 2. The maximum Gasteiger partial charge on any atom is 0.242 e. The van der Waals surface area contributed by atoms with Crippen LogP contribution in [0, 0.1) is 6.92 Å². The quantitative estimate of drug-likeness (QED) is 0.699. The van der Waals surface area contributed by atoms with Gasteiger partial charge >= 0.3 is 0 Å². The normalized spacial score (nSPS) is 12.0. The van der Waals surface area contributed by atoms with E-state index in [0.717, 1.165) is 11.1 Å². The van der Waals surface area contributed by atoms with E-state index in [-0.39, 0.29) is 30.8 Å². The first-order valence-electron chi connectivity index (χ1n) is 9.27. The second-order valence-electron chi connectivity index (χ2n) is 7.23. The topological polar surface area (TPSA) is 49.4 Å². The van der Waals surface area contributed by atoms with Gasteiger partial charge in [0.2, 0.25) is 11.8 Å². The summed E-state index contributed by atoms with van der Waals surface area (Å²) in [5.74, 6) is -0.372. The van der Waals surface area contributed by atoms with Crippen molar-refractivity contribution in [3.63, 3.8) is 0 Å². The molecule has 2 aromatic rings. The highest BCUT2D eigenvalue weighted by Gasteiger charge is 2.27. The van der Waals surface area contributed by atoms with E-state index in [4.69, 9.17) is 23.2 Å². The molecule has 6 heteroatoms. The average molecular weight is 421 g/mol. The summed E-state index contributed by atoms with van der Waals surface area (Å²) in [7, 11) is 0. The van der Waals surface area contributed by atoms with Crippen LogP contribution in [0.3, 0.4) is 0 Å². The zero-order chi connectivity index (χ0) is 20.8. The van der Waals surface area contributed by atoms with E-state index in [1.54, 1.807) is 25.1 Å². The Bertz CT molecular complexity index is 832. The summed E-state index contributed by atoms with van der Waals surface area (Å²) in [6.07, 6.45) is 0.197. The molecule has 0 aliphatic rings. The van der Waals surface area contributed by atoms with Crippen LogP contribution in [-0.2, 0) is 22.6 Å². The van der Waals surface area contributed by atoms with Crippen molar-refractivity contribution in [1.29, 1.82) is 0 Å².